The molecule has 1 aliphatic rings. The van der Waals surface area contributed by atoms with Gasteiger partial charge in [0.1, 0.15) is 17.3 Å². The van der Waals surface area contributed by atoms with Crippen molar-refractivity contribution in [2.75, 3.05) is 36.4 Å². The molecule has 0 saturated carbocycles. The van der Waals surface area contributed by atoms with E-state index in [-0.39, 0.29) is 17.7 Å². The summed E-state index contributed by atoms with van der Waals surface area (Å²) in [7, 11) is 0. The molecule has 4 rings (SSSR count). The van der Waals surface area contributed by atoms with Gasteiger partial charge in [0.05, 0.1) is 22.3 Å². The van der Waals surface area contributed by atoms with Gasteiger partial charge >= 0.3 is 6.09 Å². The molecule has 11 nitrogen and oxygen atoms in total. The van der Waals surface area contributed by atoms with Gasteiger partial charge in [-0.1, -0.05) is 13.8 Å². The van der Waals surface area contributed by atoms with Crippen LogP contribution in [0, 0.1) is 5.92 Å². The average Bonchev–Trinajstić information content (AvgIpc) is 3.29. The highest BCUT2D eigenvalue weighted by atomic mass is 16.6. The number of nitrogens with zero attached hydrogens (tertiary/aromatic N) is 4. The summed E-state index contributed by atoms with van der Waals surface area (Å²) in [5, 5.41) is 6.51. The van der Waals surface area contributed by atoms with Crippen LogP contribution in [0.3, 0.4) is 0 Å². The van der Waals surface area contributed by atoms with Crippen LogP contribution in [0.5, 0.6) is 0 Å². The second-order valence-electron chi connectivity index (χ2n) is 10.6. The highest BCUT2D eigenvalue weighted by Crippen LogP contribution is 2.33. The number of aromatic nitrogens is 3. The first-order chi connectivity index (χ1) is 18.0. The fraction of sp³-hybridized carbons (Fsp3) is 0.444. The van der Waals surface area contributed by atoms with Crippen LogP contribution in [-0.2, 0) is 9.53 Å². The van der Waals surface area contributed by atoms with Crippen molar-refractivity contribution in [3.63, 3.8) is 0 Å². The maximum Gasteiger partial charge on any atom is 0.408 e. The molecule has 0 radical (unpaired) electrons. The number of carbonyl (C=O) groups is 3. The molecule has 1 atom stereocenters. The number of hydrogen-bond donors (Lipinski definition) is 3. The Hall–Kier alpha value is -4.15. The van der Waals surface area contributed by atoms with Gasteiger partial charge in [0.25, 0.3) is 5.91 Å². The Morgan fingerprint density at radius 3 is 2.45 bits per heavy atom. The Bertz CT molecular complexity index is 1290. The van der Waals surface area contributed by atoms with E-state index in [0.717, 1.165) is 11.1 Å². The first-order valence-electron chi connectivity index (χ1n) is 12.7. The van der Waals surface area contributed by atoms with Crippen molar-refractivity contribution in [3.8, 4) is 0 Å². The third-order valence-electron chi connectivity index (χ3n) is 6.26. The molecule has 3 amide bonds. The van der Waals surface area contributed by atoms with Crippen molar-refractivity contribution >= 4 is 40.3 Å². The summed E-state index contributed by atoms with van der Waals surface area (Å²) in [6.45, 7) is 11.3. The number of piperazine rings is 1. The van der Waals surface area contributed by atoms with E-state index in [4.69, 9.17) is 4.74 Å². The lowest BCUT2D eigenvalue weighted by atomic mass is 10.0. The number of pyridine rings is 2. The van der Waals surface area contributed by atoms with Crippen LogP contribution < -0.4 is 15.5 Å². The highest BCUT2D eigenvalue weighted by Gasteiger charge is 2.32. The lowest BCUT2D eigenvalue weighted by Gasteiger charge is -2.38. The van der Waals surface area contributed by atoms with Gasteiger partial charge < -0.3 is 30.2 Å². The molecular weight excluding hydrogens is 486 g/mol. The zero-order valence-corrected chi connectivity index (χ0v) is 22.4. The summed E-state index contributed by atoms with van der Waals surface area (Å²) in [5.41, 5.74) is 2.00. The van der Waals surface area contributed by atoms with Crippen LogP contribution in [0.2, 0.25) is 0 Å². The van der Waals surface area contributed by atoms with E-state index in [2.05, 4.69) is 30.5 Å². The molecule has 202 valence electrons. The summed E-state index contributed by atoms with van der Waals surface area (Å²) in [4.78, 5) is 53.9. The van der Waals surface area contributed by atoms with Crippen molar-refractivity contribution in [2.24, 2.45) is 5.92 Å². The number of aromatic amines is 1. The van der Waals surface area contributed by atoms with Gasteiger partial charge in [-0.3, -0.25) is 14.6 Å². The lowest BCUT2D eigenvalue weighted by molar-refractivity contribution is -0.134. The molecule has 0 aliphatic carbocycles. The molecule has 0 bridgehead atoms. The largest absolute Gasteiger partial charge is 0.444 e. The molecule has 1 saturated heterocycles. The summed E-state index contributed by atoms with van der Waals surface area (Å²) in [6, 6.07) is 4.65. The first-order valence-corrected chi connectivity index (χ1v) is 12.7. The second kappa shape index (κ2) is 11.1. The molecule has 11 heteroatoms. The quantitative estimate of drug-likeness (QED) is 0.453. The number of amides is 3. The third kappa shape index (κ3) is 6.21. The van der Waals surface area contributed by atoms with Crippen LogP contribution in [0.4, 0.5) is 16.2 Å². The van der Waals surface area contributed by atoms with Crippen LogP contribution in [0.15, 0.2) is 43.0 Å². The molecule has 0 aromatic carbocycles. The van der Waals surface area contributed by atoms with Crippen molar-refractivity contribution < 1.29 is 19.1 Å². The number of carbonyl (C=O) groups excluding carboxylic acids is 3. The summed E-state index contributed by atoms with van der Waals surface area (Å²) >= 11 is 0. The molecule has 3 N–H and O–H groups in total. The standard InChI is InChI=1S/C27H35N7O4/c1-17(2)22(32-26(37)38-27(3,4)5)25(36)34-13-11-33(12-14-34)20-8-10-29-23-21(20)19(16-30-23)31-24(35)18-7-6-9-28-15-18/h6-10,15-17,22H,11-14H2,1-5H3,(H,29,30)(H,31,35)(H,32,37). The molecule has 1 fully saturated rings. The van der Waals surface area contributed by atoms with Gasteiger partial charge in [0, 0.05) is 51.0 Å². The van der Waals surface area contributed by atoms with Gasteiger partial charge in [0.15, 0.2) is 0 Å². The maximum atomic E-state index is 13.3. The molecule has 38 heavy (non-hydrogen) atoms. The normalized spacial score (nSPS) is 14.9. The Kier molecular flexibility index (Phi) is 7.84. The summed E-state index contributed by atoms with van der Waals surface area (Å²) in [6.07, 6.45) is 5.98. The predicted molar refractivity (Wildman–Crippen MR) is 145 cm³/mol. The van der Waals surface area contributed by atoms with Gasteiger partial charge in [-0.25, -0.2) is 9.78 Å². The predicted octanol–water partition coefficient (Wildman–Crippen LogP) is 3.41. The van der Waals surface area contributed by atoms with Crippen molar-refractivity contribution in [3.05, 3.63) is 48.5 Å². The second-order valence-corrected chi connectivity index (χ2v) is 10.6. The zero-order chi connectivity index (χ0) is 27.4. The minimum Gasteiger partial charge on any atom is -0.444 e. The third-order valence-corrected chi connectivity index (χ3v) is 6.26. The van der Waals surface area contributed by atoms with E-state index in [9.17, 15) is 14.4 Å². The van der Waals surface area contributed by atoms with Gasteiger partial charge in [-0.05, 0) is 44.9 Å². The lowest BCUT2D eigenvalue weighted by Crippen LogP contribution is -2.57. The first kappa shape index (κ1) is 26.9. The summed E-state index contributed by atoms with van der Waals surface area (Å²) in [5.74, 6) is -0.489. The van der Waals surface area contributed by atoms with Crippen LogP contribution in [0.25, 0.3) is 11.0 Å². The van der Waals surface area contributed by atoms with Gasteiger partial charge in [0.2, 0.25) is 5.91 Å². The SMILES string of the molecule is CC(C)C(NC(=O)OC(C)(C)C)C(=O)N1CCN(c2ccnc3[nH]cc(NC(=O)c4cccnc4)c23)CC1. The number of ether oxygens (including phenoxy) is 1. The van der Waals surface area contributed by atoms with Crippen molar-refractivity contribution in [1.29, 1.82) is 0 Å². The number of nitrogens with one attached hydrogen (secondary N) is 3. The van der Waals surface area contributed by atoms with E-state index in [1.807, 2.05) is 19.9 Å². The average molecular weight is 522 g/mol. The number of alkyl carbamates (subject to hydrolysis) is 1. The van der Waals surface area contributed by atoms with Crippen molar-refractivity contribution in [1.82, 2.24) is 25.2 Å². The van der Waals surface area contributed by atoms with E-state index >= 15 is 0 Å². The molecule has 0 spiro atoms. The molecule has 1 unspecified atom stereocenters. The number of H-pyrrole nitrogens is 1. The van der Waals surface area contributed by atoms with E-state index in [0.29, 0.717) is 43.1 Å². The minimum atomic E-state index is -0.678. The van der Waals surface area contributed by atoms with E-state index < -0.39 is 17.7 Å². The zero-order valence-electron chi connectivity index (χ0n) is 22.4. The minimum absolute atomic E-state index is 0.0984. The smallest absolute Gasteiger partial charge is 0.408 e. The van der Waals surface area contributed by atoms with Crippen molar-refractivity contribution in [2.45, 2.75) is 46.3 Å². The molecule has 4 heterocycles. The molecular formula is C27H35N7O4. The van der Waals surface area contributed by atoms with Gasteiger partial charge in [-0.15, -0.1) is 0 Å². The number of rotatable bonds is 6. The summed E-state index contributed by atoms with van der Waals surface area (Å²) < 4.78 is 5.36. The molecule has 1 aliphatic heterocycles. The monoisotopic (exact) mass is 521 g/mol. The highest BCUT2D eigenvalue weighted by molar-refractivity contribution is 6.11. The van der Waals surface area contributed by atoms with E-state index in [1.165, 1.54) is 6.20 Å². The van der Waals surface area contributed by atoms with Gasteiger partial charge in [-0.2, -0.15) is 0 Å². The van der Waals surface area contributed by atoms with E-state index in [1.54, 1.807) is 56.4 Å². The fourth-order valence-corrected chi connectivity index (χ4v) is 4.41. The Morgan fingerprint density at radius 2 is 1.82 bits per heavy atom. The Balaban J connectivity index is 1.46. The van der Waals surface area contributed by atoms with Crippen LogP contribution >= 0.6 is 0 Å². The Morgan fingerprint density at radius 1 is 1.08 bits per heavy atom. The van der Waals surface area contributed by atoms with Crippen LogP contribution in [0.1, 0.15) is 45.0 Å². The fourth-order valence-electron chi connectivity index (χ4n) is 4.41. The molecule has 3 aromatic rings. The Labute approximate surface area is 222 Å². The molecule has 3 aromatic heterocycles. The maximum absolute atomic E-state index is 13.3. The number of fused-ring (bicyclic) bond motifs is 1. The number of hydrogen-bond acceptors (Lipinski definition) is 7. The topological polar surface area (TPSA) is 133 Å². The number of anilines is 2. The van der Waals surface area contributed by atoms with Crippen LogP contribution in [-0.4, -0.2) is 75.6 Å².